The summed E-state index contributed by atoms with van der Waals surface area (Å²) in [5.41, 5.74) is 0.000653. The Morgan fingerprint density at radius 1 is 1.08 bits per heavy atom. The van der Waals surface area contributed by atoms with E-state index in [2.05, 4.69) is 14.8 Å². The largest absolute Gasteiger partial charge is 0.482 e. The van der Waals surface area contributed by atoms with Crippen LogP contribution in [0.25, 0.3) is 0 Å². The monoisotopic (exact) mass is 361 g/mol. The molecule has 134 valence electrons. The van der Waals surface area contributed by atoms with E-state index < -0.39 is 25.3 Å². The first-order chi connectivity index (χ1) is 11.7. The second-order valence-corrected chi connectivity index (χ2v) is 4.76. The van der Waals surface area contributed by atoms with Crippen molar-refractivity contribution in [2.24, 2.45) is 0 Å². The third kappa shape index (κ3) is 5.94. The second kappa shape index (κ2) is 7.82. The molecule has 25 heavy (non-hydrogen) atoms. The number of alkyl halides is 5. The molecule has 0 saturated carbocycles. The van der Waals surface area contributed by atoms with Gasteiger partial charge in [0, 0.05) is 5.56 Å². The van der Waals surface area contributed by atoms with E-state index in [1.165, 1.54) is 42.5 Å². The van der Waals surface area contributed by atoms with E-state index in [9.17, 15) is 26.7 Å². The summed E-state index contributed by atoms with van der Waals surface area (Å²) in [4.78, 5) is 12.2. The molecule has 9 heteroatoms. The summed E-state index contributed by atoms with van der Waals surface area (Å²) >= 11 is 0. The Hall–Kier alpha value is -2.84. The third-order valence-corrected chi connectivity index (χ3v) is 2.85. The lowest BCUT2D eigenvalue weighted by Crippen LogP contribution is -2.20. The van der Waals surface area contributed by atoms with Crippen LogP contribution in [0, 0.1) is 0 Å². The van der Waals surface area contributed by atoms with Gasteiger partial charge in [0.1, 0.15) is 11.5 Å². The lowest BCUT2D eigenvalue weighted by atomic mass is 10.2. The molecule has 2 aromatic rings. The van der Waals surface area contributed by atoms with E-state index in [0.717, 1.165) is 6.07 Å². The second-order valence-electron chi connectivity index (χ2n) is 4.76. The first kappa shape index (κ1) is 18.5. The number of hydrogen-bond donors (Lipinski definition) is 1. The summed E-state index contributed by atoms with van der Waals surface area (Å²) in [5, 5.41) is 2.37. The molecule has 4 nitrogen and oxygen atoms in total. The standard InChI is InChI=1S/C16H12F5NO3/c17-15(18)25-11-5-3-4-10(8-11)14(23)22-12-6-1-2-7-13(12)24-9-16(19,20)21/h1-8,15H,9H2,(H,22,23). The van der Waals surface area contributed by atoms with Crippen LogP contribution in [0.4, 0.5) is 27.6 Å². The number of nitrogens with one attached hydrogen (secondary N) is 1. The van der Waals surface area contributed by atoms with Gasteiger partial charge in [-0.3, -0.25) is 4.79 Å². The quantitative estimate of drug-likeness (QED) is 0.772. The Balaban J connectivity index is 2.13. The summed E-state index contributed by atoms with van der Waals surface area (Å²) in [7, 11) is 0. The van der Waals surface area contributed by atoms with Crippen molar-refractivity contribution in [3.05, 3.63) is 54.1 Å². The predicted molar refractivity (Wildman–Crippen MR) is 79.0 cm³/mol. The van der Waals surface area contributed by atoms with Crippen molar-refractivity contribution >= 4 is 11.6 Å². The molecule has 2 aromatic carbocycles. The minimum atomic E-state index is -4.53. The zero-order valence-corrected chi connectivity index (χ0v) is 12.5. The fourth-order valence-corrected chi connectivity index (χ4v) is 1.86. The molecule has 0 heterocycles. The fourth-order valence-electron chi connectivity index (χ4n) is 1.86. The van der Waals surface area contributed by atoms with Crippen LogP contribution in [0.2, 0.25) is 0 Å². The van der Waals surface area contributed by atoms with Crippen molar-refractivity contribution in [3.63, 3.8) is 0 Å². The SMILES string of the molecule is O=C(Nc1ccccc1OCC(F)(F)F)c1cccc(OC(F)F)c1. The molecule has 0 bridgehead atoms. The number of carbonyl (C=O) groups is 1. The highest BCUT2D eigenvalue weighted by atomic mass is 19.4. The van der Waals surface area contributed by atoms with E-state index >= 15 is 0 Å². The van der Waals surface area contributed by atoms with Crippen molar-refractivity contribution in [3.8, 4) is 11.5 Å². The van der Waals surface area contributed by atoms with Gasteiger partial charge in [-0.15, -0.1) is 0 Å². The molecule has 1 N–H and O–H groups in total. The topological polar surface area (TPSA) is 47.6 Å². The number of hydrogen-bond acceptors (Lipinski definition) is 3. The fraction of sp³-hybridized carbons (Fsp3) is 0.188. The first-order valence-corrected chi connectivity index (χ1v) is 6.89. The molecular formula is C16H12F5NO3. The maximum Gasteiger partial charge on any atom is 0.422 e. The van der Waals surface area contributed by atoms with E-state index in [-0.39, 0.29) is 22.7 Å². The molecule has 0 atom stereocenters. The molecule has 0 aliphatic rings. The van der Waals surface area contributed by atoms with E-state index in [1.54, 1.807) is 0 Å². The van der Waals surface area contributed by atoms with Gasteiger partial charge in [-0.2, -0.15) is 22.0 Å². The van der Waals surface area contributed by atoms with E-state index in [0.29, 0.717) is 0 Å². The summed E-state index contributed by atoms with van der Waals surface area (Å²) < 4.78 is 70.0. The summed E-state index contributed by atoms with van der Waals surface area (Å²) in [5.74, 6) is -1.11. The number of amides is 1. The molecule has 1 amide bonds. The summed E-state index contributed by atoms with van der Waals surface area (Å²) in [6.45, 7) is -4.56. The van der Waals surface area contributed by atoms with Crippen molar-refractivity contribution in [1.29, 1.82) is 0 Å². The van der Waals surface area contributed by atoms with Crippen LogP contribution in [-0.4, -0.2) is 25.3 Å². The smallest absolute Gasteiger partial charge is 0.422 e. The van der Waals surface area contributed by atoms with Crippen LogP contribution < -0.4 is 14.8 Å². The molecular weight excluding hydrogens is 349 g/mol. The molecule has 0 unspecified atom stereocenters. The minimum absolute atomic E-state index is 0.0104. The molecule has 0 saturated heterocycles. The number of carbonyl (C=O) groups excluding carboxylic acids is 1. The maximum absolute atomic E-state index is 12.3. The minimum Gasteiger partial charge on any atom is -0.482 e. The van der Waals surface area contributed by atoms with Gasteiger partial charge in [0.05, 0.1) is 5.69 Å². The Morgan fingerprint density at radius 2 is 1.80 bits per heavy atom. The highest BCUT2D eigenvalue weighted by molar-refractivity contribution is 6.05. The predicted octanol–water partition coefficient (Wildman–Crippen LogP) is 4.48. The Bertz CT molecular complexity index is 734. The van der Waals surface area contributed by atoms with Crippen molar-refractivity contribution in [2.75, 3.05) is 11.9 Å². The zero-order valence-electron chi connectivity index (χ0n) is 12.5. The normalized spacial score (nSPS) is 11.3. The molecule has 0 fully saturated rings. The van der Waals surface area contributed by atoms with E-state index in [1.807, 2.05) is 0 Å². The van der Waals surface area contributed by atoms with Gasteiger partial charge in [-0.25, -0.2) is 0 Å². The van der Waals surface area contributed by atoms with Crippen LogP contribution in [0.5, 0.6) is 11.5 Å². The van der Waals surface area contributed by atoms with Crippen molar-refractivity contribution in [1.82, 2.24) is 0 Å². The van der Waals surface area contributed by atoms with Gasteiger partial charge in [0.15, 0.2) is 6.61 Å². The Kier molecular flexibility index (Phi) is 5.79. The Morgan fingerprint density at radius 3 is 2.48 bits per heavy atom. The van der Waals surface area contributed by atoms with Gasteiger partial charge < -0.3 is 14.8 Å². The van der Waals surface area contributed by atoms with Gasteiger partial charge in [0.2, 0.25) is 0 Å². The van der Waals surface area contributed by atoms with Gasteiger partial charge in [0.25, 0.3) is 5.91 Å². The average molecular weight is 361 g/mol. The van der Waals surface area contributed by atoms with Crippen LogP contribution in [0.3, 0.4) is 0 Å². The number of halogens is 5. The zero-order chi connectivity index (χ0) is 18.4. The van der Waals surface area contributed by atoms with Gasteiger partial charge in [-0.05, 0) is 30.3 Å². The first-order valence-electron chi connectivity index (χ1n) is 6.89. The van der Waals surface area contributed by atoms with Crippen LogP contribution in [-0.2, 0) is 0 Å². The summed E-state index contributed by atoms with van der Waals surface area (Å²) in [6, 6.07) is 10.5. The molecule has 0 aromatic heterocycles. The summed E-state index contributed by atoms with van der Waals surface area (Å²) in [6.07, 6.45) is -4.53. The van der Waals surface area contributed by atoms with Crippen molar-refractivity contribution in [2.45, 2.75) is 12.8 Å². The van der Waals surface area contributed by atoms with Gasteiger partial charge >= 0.3 is 12.8 Å². The molecule has 0 spiro atoms. The van der Waals surface area contributed by atoms with Crippen molar-refractivity contribution < 1.29 is 36.2 Å². The maximum atomic E-state index is 12.3. The van der Waals surface area contributed by atoms with E-state index in [4.69, 9.17) is 0 Å². The Labute approximate surface area is 139 Å². The van der Waals surface area contributed by atoms with Gasteiger partial charge in [-0.1, -0.05) is 18.2 Å². The highest BCUT2D eigenvalue weighted by Crippen LogP contribution is 2.27. The lowest BCUT2D eigenvalue weighted by Gasteiger charge is -2.14. The number of benzene rings is 2. The van der Waals surface area contributed by atoms with Crippen LogP contribution in [0.1, 0.15) is 10.4 Å². The van der Waals surface area contributed by atoms with Crippen LogP contribution >= 0.6 is 0 Å². The molecule has 0 radical (unpaired) electrons. The molecule has 2 rings (SSSR count). The lowest BCUT2D eigenvalue weighted by molar-refractivity contribution is -0.153. The number of ether oxygens (including phenoxy) is 2. The number of para-hydroxylation sites is 2. The third-order valence-electron chi connectivity index (χ3n) is 2.85. The molecule has 0 aliphatic heterocycles. The number of rotatable bonds is 6. The molecule has 0 aliphatic carbocycles. The average Bonchev–Trinajstić information content (AvgIpc) is 2.53. The highest BCUT2D eigenvalue weighted by Gasteiger charge is 2.29. The van der Waals surface area contributed by atoms with Crippen LogP contribution in [0.15, 0.2) is 48.5 Å². The number of anilines is 1.